The number of rotatable bonds is 2. The van der Waals surface area contributed by atoms with Gasteiger partial charge in [-0.3, -0.25) is 0 Å². The highest BCUT2D eigenvalue weighted by atomic mass is 16.3. The van der Waals surface area contributed by atoms with Crippen LogP contribution in [0.5, 0.6) is 0 Å². The van der Waals surface area contributed by atoms with E-state index in [4.69, 9.17) is 0 Å². The smallest absolute Gasteiger partial charge is 0.0693 e. The van der Waals surface area contributed by atoms with Crippen LogP contribution in [0.3, 0.4) is 0 Å². The van der Waals surface area contributed by atoms with Crippen LogP contribution in [0.15, 0.2) is 0 Å². The molecule has 2 rings (SSSR count). The van der Waals surface area contributed by atoms with Crippen LogP contribution in [-0.4, -0.2) is 23.3 Å². The minimum absolute atomic E-state index is 0.0747. The Morgan fingerprint density at radius 1 is 1.00 bits per heavy atom. The minimum Gasteiger partial charge on any atom is -0.392 e. The summed E-state index contributed by atoms with van der Waals surface area (Å²) in [7, 11) is 0. The molecule has 82 valence electrons. The molecule has 2 aliphatic rings. The number of nitrogens with one attached hydrogen (secondary N) is 1. The molecule has 0 amide bonds. The van der Waals surface area contributed by atoms with E-state index in [-0.39, 0.29) is 6.10 Å². The fourth-order valence-electron chi connectivity index (χ4n) is 2.86. The van der Waals surface area contributed by atoms with E-state index in [0.717, 1.165) is 12.3 Å². The highest BCUT2D eigenvalue weighted by molar-refractivity contribution is 4.87. The van der Waals surface area contributed by atoms with Crippen molar-refractivity contribution in [1.82, 2.24) is 5.32 Å². The SMILES string of the molecule is CC1CCC(NC2CCCC2O)CC1. The number of aliphatic hydroxyl groups excluding tert-OH is 1. The van der Waals surface area contributed by atoms with Crippen molar-refractivity contribution in [3.05, 3.63) is 0 Å². The van der Waals surface area contributed by atoms with E-state index in [1.165, 1.54) is 38.5 Å². The molecule has 2 fully saturated rings. The van der Waals surface area contributed by atoms with Gasteiger partial charge in [0.2, 0.25) is 0 Å². The third-order valence-electron chi connectivity index (χ3n) is 3.95. The predicted octanol–water partition coefficient (Wildman–Crippen LogP) is 2.07. The molecule has 0 aromatic heterocycles. The van der Waals surface area contributed by atoms with Crippen LogP contribution in [0.2, 0.25) is 0 Å². The molecule has 2 saturated carbocycles. The van der Waals surface area contributed by atoms with E-state index in [9.17, 15) is 5.11 Å². The zero-order valence-corrected chi connectivity index (χ0v) is 9.21. The highest BCUT2D eigenvalue weighted by Gasteiger charge is 2.28. The molecule has 0 aromatic carbocycles. The first kappa shape index (κ1) is 10.4. The standard InChI is InChI=1S/C12H23NO/c1-9-5-7-10(8-6-9)13-11-3-2-4-12(11)14/h9-14H,2-8H2,1H3. The average molecular weight is 197 g/mol. The Hall–Kier alpha value is -0.0800. The molecule has 0 aromatic rings. The Morgan fingerprint density at radius 3 is 2.29 bits per heavy atom. The van der Waals surface area contributed by atoms with Gasteiger partial charge in [-0.15, -0.1) is 0 Å². The molecule has 0 radical (unpaired) electrons. The van der Waals surface area contributed by atoms with Gasteiger partial charge in [-0.2, -0.15) is 0 Å². The van der Waals surface area contributed by atoms with Crippen molar-refractivity contribution < 1.29 is 5.11 Å². The van der Waals surface area contributed by atoms with E-state index < -0.39 is 0 Å². The molecule has 2 aliphatic carbocycles. The van der Waals surface area contributed by atoms with Gasteiger partial charge in [0, 0.05) is 12.1 Å². The van der Waals surface area contributed by atoms with Crippen LogP contribution >= 0.6 is 0 Å². The lowest BCUT2D eigenvalue weighted by molar-refractivity contribution is 0.135. The summed E-state index contributed by atoms with van der Waals surface area (Å²) in [6.45, 7) is 2.35. The van der Waals surface area contributed by atoms with Crippen molar-refractivity contribution >= 4 is 0 Å². The largest absolute Gasteiger partial charge is 0.392 e. The van der Waals surface area contributed by atoms with Gasteiger partial charge < -0.3 is 10.4 Å². The lowest BCUT2D eigenvalue weighted by Crippen LogP contribution is -2.44. The van der Waals surface area contributed by atoms with Gasteiger partial charge in [0.1, 0.15) is 0 Å². The first-order valence-corrected chi connectivity index (χ1v) is 6.20. The summed E-state index contributed by atoms with van der Waals surface area (Å²) in [4.78, 5) is 0. The Balaban J connectivity index is 1.74. The Bertz CT molecular complexity index is 175. The molecule has 2 nitrogen and oxygen atoms in total. The van der Waals surface area contributed by atoms with Crippen molar-refractivity contribution in [2.75, 3.05) is 0 Å². The summed E-state index contributed by atoms with van der Waals surface area (Å²) in [5.74, 6) is 0.918. The van der Waals surface area contributed by atoms with Crippen LogP contribution < -0.4 is 5.32 Å². The molecular weight excluding hydrogens is 174 g/mol. The molecule has 2 unspecified atom stereocenters. The molecule has 2 atom stereocenters. The van der Waals surface area contributed by atoms with Gasteiger partial charge in [-0.1, -0.05) is 6.92 Å². The summed E-state index contributed by atoms with van der Waals surface area (Å²) in [5, 5.41) is 13.3. The second-order valence-corrected chi connectivity index (χ2v) is 5.23. The monoisotopic (exact) mass is 197 g/mol. The topological polar surface area (TPSA) is 32.3 Å². The van der Waals surface area contributed by atoms with E-state index in [2.05, 4.69) is 12.2 Å². The van der Waals surface area contributed by atoms with Gasteiger partial charge in [-0.25, -0.2) is 0 Å². The van der Waals surface area contributed by atoms with Gasteiger partial charge >= 0.3 is 0 Å². The van der Waals surface area contributed by atoms with Crippen LogP contribution in [0, 0.1) is 5.92 Å². The molecule has 0 aliphatic heterocycles. The molecule has 0 bridgehead atoms. The number of hydrogen-bond acceptors (Lipinski definition) is 2. The second-order valence-electron chi connectivity index (χ2n) is 5.23. The lowest BCUT2D eigenvalue weighted by atomic mass is 9.87. The van der Waals surface area contributed by atoms with Crippen LogP contribution in [0.1, 0.15) is 51.9 Å². The number of hydrogen-bond donors (Lipinski definition) is 2. The first-order valence-electron chi connectivity index (χ1n) is 6.20. The summed E-state index contributed by atoms with van der Waals surface area (Å²) >= 11 is 0. The Morgan fingerprint density at radius 2 is 1.71 bits per heavy atom. The summed E-state index contributed by atoms with van der Waals surface area (Å²) < 4.78 is 0. The van der Waals surface area contributed by atoms with Crippen LogP contribution in [-0.2, 0) is 0 Å². The molecule has 14 heavy (non-hydrogen) atoms. The van der Waals surface area contributed by atoms with Crippen molar-refractivity contribution in [3.8, 4) is 0 Å². The molecule has 2 N–H and O–H groups in total. The van der Waals surface area contributed by atoms with Gasteiger partial charge in [0.15, 0.2) is 0 Å². The number of aliphatic hydroxyl groups is 1. The minimum atomic E-state index is -0.0747. The van der Waals surface area contributed by atoms with Crippen LogP contribution in [0.25, 0.3) is 0 Å². The molecule has 0 spiro atoms. The second kappa shape index (κ2) is 4.63. The zero-order chi connectivity index (χ0) is 9.97. The maximum absolute atomic E-state index is 9.71. The van der Waals surface area contributed by atoms with Crippen molar-refractivity contribution in [1.29, 1.82) is 0 Å². The lowest BCUT2D eigenvalue weighted by Gasteiger charge is -2.30. The normalized spacial score (nSPS) is 44.1. The fourth-order valence-corrected chi connectivity index (χ4v) is 2.86. The maximum Gasteiger partial charge on any atom is 0.0693 e. The van der Waals surface area contributed by atoms with Crippen LogP contribution in [0.4, 0.5) is 0 Å². The summed E-state index contributed by atoms with van der Waals surface area (Å²) in [5.41, 5.74) is 0. The quantitative estimate of drug-likeness (QED) is 0.710. The summed E-state index contributed by atoms with van der Waals surface area (Å²) in [6, 6.07) is 1.08. The fraction of sp³-hybridized carbons (Fsp3) is 1.00. The predicted molar refractivity (Wildman–Crippen MR) is 58.2 cm³/mol. The first-order chi connectivity index (χ1) is 6.75. The molecule has 0 saturated heterocycles. The molecular formula is C12H23NO. The van der Waals surface area contributed by atoms with Crippen molar-refractivity contribution in [2.45, 2.75) is 70.1 Å². The van der Waals surface area contributed by atoms with Gasteiger partial charge in [-0.05, 0) is 50.9 Å². The van der Waals surface area contributed by atoms with Crippen molar-refractivity contribution in [3.63, 3.8) is 0 Å². The zero-order valence-electron chi connectivity index (χ0n) is 9.21. The average Bonchev–Trinajstić information content (AvgIpc) is 2.56. The third kappa shape index (κ3) is 2.48. The maximum atomic E-state index is 9.71. The third-order valence-corrected chi connectivity index (χ3v) is 3.95. The van der Waals surface area contributed by atoms with E-state index >= 15 is 0 Å². The van der Waals surface area contributed by atoms with E-state index in [0.29, 0.717) is 12.1 Å². The van der Waals surface area contributed by atoms with Gasteiger partial charge in [0.25, 0.3) is 0 Å². The Kier molecular flexibility index (Phi) is 3.45. The Labute approximate surface area is 87.1 Å². The van der Waals surface area contributed by atoms with E-state index in [1.807, 2.05) is 0 Å². The van der Waals surface area contributed by atoms with Gasteiger partial charge in [0.05, 0.1) is 6.10 Å². The summed E-state index contributed by atoms with van der Waals surface area (Å²) in [6.07, 6.45) is 8.64. The van der Waals surface area contributed by atoms with Crippen molar-refractivity contribution in [2.24, 2.45) is 5.92 Å². The van der Waals surface area contributed by atoms with E-state index in [1.54, 1.807) is 0 Å². The molecule has 0 heterocycles. The highest BCUT2D eigenvalue weighted by Crippen LogP contribution is 2.26. The molecule has 2 heteroatoms.